The van der Waals surface area contributed by atoms with Gasteiger partial charge in [-0.25, -0.2) is 9.59 Å². The van der Waals surface area contributed by atoms with Crippen molar-refractivity contribution in [2.75, 3.05) is 6.61 Å². The zero-order valence-electron chi connectivity index (χ0n) is 15.3. The fourth-order valence-electron chi connectivity index (χ4n) is 4.08. The van der Waals surface area contributed by atoms with E-state index in [2.05, 4.69) is 24.3 Å². The third-order valence-corrected chi connectivity index (χ3v) is 5.79. The van der Waals surface area contributed by atoms with Crippen molar-refractivity contribution in [3.63, 3.8) is 0 Å². The summed E-state index contributed by atoms with van der Waals surface area (Å²) in [7, 11) is 0. The largest absolute Gasteiger partial charge is 0.480 e. The van der Waals surface area contributed by atoms with E-state index in [9.17, 15) is 14.7 Å². The van der Waals surface area contributed by atoms with E-state index in [1.807, 2.05) is 24.3 Å². The Kier molecular flexibility index (Phi) is 4.60. The van der Waals surface area contributed by atoms with Crippen LogP contribution in [0.15, 0.2) is 48.5 Å². The molecule has 2 aliphatic carbocycles. The molecule has 0 unspecified atom stereocenters. The molecule has 5 heteroatoms. The number of amides is 1. The smallest absolute Gasteiger partial charge is 0.410 e. The molecule has 0 saturated heterocycles. The molecule has 0 radical (unpaired) electrons. The van der Waals surface area contributed by atoms with Crippen LogP contribution in [0.25, 0.3) is 11.1 Å². The molecule has 0 spiro atoms. The van der Waals surface area contributed by atoms with Gasteiger partial charge >= 0.3 is 12.1 Å². The number of nitrogens with zero attached hydrogens (tertiary/aromatic N) is 1. The lowest BCUT2D eigenvalue weighted by Crippen LogP contribution is -2.52. The molecule has 1 amide bonds. The predicted molar refractivity (Wildman–Crippen MR) is 102 cm³/mol. The first-order valence-corrected chi connectivity index (χ1v) is 9.44. The van der Waals surface area contributed by atoms with Gasteiger partial charge in [0.2, 0.25) is 0 Å². The summed E-state index contributed by atoms with van der Waals surface area (Å²) in [6, 6.07) is 15.4. The molecule has 1 N–H and O–H groups in total. The Morgan fingerprint density at radius 3 is 2.11 bits per heavy atom. The molecule has 4 rings (SSSR count). The highest BCUT2D eigenvalue weighted by molar-refractivity contribution is 5.81. The Labute approximate surface area is 158 Å². The molecule has 0 bridgehead atoms. The van der Waals surface area contributed by atoms with Crippen molar-refractivity contribution in [2.24, 2.45) is 0 Å². The molecular weight excluding hydrogens is 342 g/mol. The average Bonchev–Trinajstić information content (AvgIpc) is 2.96. The minimum absolute atomic E-state index is 0.0234. The second kappa shape index (κ2) is 7.06. The fraction of sp³-hybridized carbons (Fsp3) is 0.364. The summed E-state index contributed by atoms with van der Waals surface area (Å²) in [5.74, 6) is -1.03. The maximum Gasteiger partial charge on any atom is 0.410 e. The Morgan fingerprint density at radius 1 is 1.07 bits per heavy atom. The Hall–Kier alpha value is -2.82. The Balaban J connectivity index is 1.54. The highest BCUT2D eigenvalue weighted by Crippen LogP contribution is 2.44. The molecule has 140 valence electrons. The van der Waals surface area contributed by atoms with Gasteiger partial charge in [0.05, 0.1) is 0 Å². The predicted octanol–water partition coefficient (Wildman–Crippen LogP) is 4.26. The highest BCUT2D eigenvalue weighted by Gasteiger charge is 2.37. The minimum atomic E-state index is -1.00. The van der Waals surface area contributed by atoms with Gasteiger partial charge in [0.1, 0.15) is 12.6 Å². The Bertz CT molecular complexity index is 829. The molecule has 27 heavy (non-hydrogen) atoms. The van der Waals surface area contributed by atoms with E-state index >= 15 is 0 Å². The van der Waals surface area contributed by atoms with Crippen LogP contribution < -0.4 is 0 Å². The summed E-state index contributed by atoms with van der Waals surface area (Å²) in [6.45, 7) is 1.75. The summed E-state index contributed by atoms with van der Waals surface area (Å²) in [5, 5.41) is 9.36. The molecule has 2 aromatic rings. The van der Waals surface area contributed by atoms with Crippen LogP contribution in [-0.2, 0) is 9.53 Å². The normalized spacial score (nSPS) is 16.8. The van der Waals surface area contributed by atoms with Crippen LogP contribution in [0.4, 0.5) is 4.79 Å². The van der Waals surface area contributed by atoms with E-state index in [1.54, 1.807) is 6.92 Å². The number of fused-ring (bicyclic) bond motifs is 3. The lowest BCUT2D eigenvalue weighted by atomic mass is 9.91. The molecular formula is C22H23NO4. The number of carbonyl (C=O) groups excluding carboxylic acids is 1. The van der Waals surface area contributed by atoms with Gasteiger partial charge in [0, 0.05) is 12.0 Å². The number of ether oxygens (including phenoxy) is 1. The number of aliphatic carboxylic acids is 1. The van der Waals surface area contributed by atoms with Crippen LogP contribution in [0.1, 0.15) is 43.2 Å². The van der Waals surface area contributed by atoms with Crippen LogP contribution in [-0.4, -0.2) is 40.8 Å². The summed E-state index contributed by atoms with van der Waals surface area (Å²) >= 11 is 0. The van der Waals surface area contributed by atoms with Crippen molar-refractivity contribution < 1.29 is 19.4 Å². The van der Waals surface area contributed by atoms with E-state index in [4.69, 9.17) is 4.74 Å². The van der Waals surface area contributed by atoms with Gasteiger partial charge in [0.25, 0.3) is 0 Å². The Morgan fingerprint density at radius 2 is 1.63 bits per heavy atom. The van der Waals surface area contributed by atoms with E-state index in [1.165, 1.54) is 16.0 Å². The number of hydrogen-bond donors (Lipinski definition) is 1. The number of carboxylic acid groups (broad SMARTS) is 1. The van der Waals surface area contributed by atoms with Crippen LogP contribution in [0.3, 0.4) is 0 Å². The second-order valence-corrected chi connectivity index (χ2v) is 7.31. The van der Waals surface area contributed by atoms with Gasteiger partial charge in [-0.05, 0) is 48.4 Å². The molecule has 1 saturated carbocycles. The van der Waals surface area contributed by atoms with Crippen LogP contribution in [0.2, 0.25) is 0 Å². The topological polar surface area (TPSA) is 66.8 Å². The van der Waals surface area contributed by atoms with Gasteiger partial charge in [-0.2, -0.15) is 0 Å². The lowest BCUT2D eigenvalue weighted by molar-refractivity contribution is -0.143. The van der Waals surface area contributed by atoms with Gasteiger partial charge in [-0.15, -0.1) is 0 Å². The van der Waals surface area contributed by atoms with E-state index in [0.29, 0.717) is 0 Å². The molecule has 2 aliphatic rings. The molecule has 0 aromatic heterocycles. The summed E-state index contributed by atoms with van der Waals surface area (Å²) in [5.41, 5.74) is 4.63. The number of carboxylic acids is 1. The fourth-order valence-corrected chi connectivity index (χ4v) is 4.08. The summed E-state index contributed by atoms with van der Waals surface area (Å²) < 4.78 is 5.65. The molecule has 1 fully saturated rings. The van der Waals surface area contributed by atoms with Gasteiger partial charge in [-0.3, -0.25) is 4.90 Å². The molecule has 2 aromatic carbocycles. The van der Waals surface area contributed by atoms with Gasteiger partial charge in [0.15, 0.2) is 0 Å². The third-order valence-electron chi connectivity index (χ3n) is 5.79. The SMILES string of the molecule is C[C@@H](C(=O)O)N(C(=O)OCC1c2ccccc2-c2ccccc21)C1CCC1. The van der Waals surface area contributed by atoms with Crippen LogP contribution >= 0.6 is 0 Å². The maximum atomic E-state index is 12.7. The molecule has 0 aliphatic heterocycles. The van der Waals surface area contributed by atoms with Crippen molar-refractivity contribution in [3.05, 3.63) is 59.7 Å². The van der Waals surface area contributed by atoms with Crippen molar-refractivity contribution in [2.45, 2.75) is 44.2 Å². The maximum absolute atomic E-state index is 12.7. The van der Waals surface area contributed by atoms with Crippen molar-refractivity contribution in [3.8, 4) is 11.1 Å². The molecule has 0 heterocycles. The molecule has 1 atom stereocenters. The summed E-state index contributed by atoms with van der Waals surface area (Å²) in [6.07, 6.45) is 2.16. The standard InChI is InChI=1S/C22H23NO4/c1-14(21(24)25)23(15-7-6-8-15)22(26)27-13-20-18-11-4-2-9-16(18)17-10-3-5-12-19(17)20/h2-5,9-12,14-15,20H,6-8,13H2,1H3,(H,24,25)/t14-/m0/s1. The number of benzene rings is 2. The van der Waals surface area contributed by atoms with Crippen LogP contribution in [0.5, 0.6) is 0 Å². The van der Waals surface area contributed by atoms with E-state index in [-0.39, 0.29) is 18.6 Å². The van der Waals surface area contributed by atoms with E-state index in [0.717, 1.165) is 30.4 Å². The number of hydrogen-bond acceptors (Lipinski definition) is 3. The van der Waals surface area contributed by atoms with Crippen LogP contribution in [0, 0.1) is 0 Å². The van der Waals surface area contributed by atoms with Gasteiger partial charge < -0.3 is 9.84 Å². The highest BCUT2D eigenvalue weighted by atomic mass is 16.6. The van der Waals surface area contributed by atoms with Crippen molar-refractivity contribution >= 4 is 12.1 Å². The van der Waals surface area contributed by atoms with Gasteiger partial charge in [-0.1, -0.05) is 48.5 Å². The lowest BCUT2D eigenvalue weighted by Gasteiger charge is -2.39. The van der Waals surface area contributed by atoms with E-state index < -0.39 is 18.1 Å². The number of rotatable bonds is 5. The zero-order valence-corrected chi connectivity index (χ0v) is 15.3. The summed E-state index contributed by atoms with van der Waals surface area (Å²) in [4.78, 5) is 25.6. The average molecular weight is 365 g/mol. The minimum Gasteiger partial charge on any atom is -0.480 e. The van der Waals surface area contributed by atoms with Crippen molar-refractivity contribution in [1.29, 1.82) is 0 Å². The first-order valence-electron chi connectivity index (χ1n) is 9.44. The monoisotopic (exact) mass is 365 g/mol. The molecule has 5 nitrogen and oxygen atoms in total. The second-order valence-electron chi connectivity index (χ2n) is 7.31. The first kappa shape index (κ1) is 17.6. The number of carbonyl (C=O) groups is 2. The first-order chi connectivity index (χ1) is 13.1. The quantitative estimate of drug-likeness (QED) is 0.860. The zero-order chi connectivity index (χ0) is 19.0. The third kappa shape index (κ3) is 3.07. The van der Waals surface area contributed by atoms with Crippen molar-refractivity contribution in [1.82, 2.24) is 4.90 Å².